The first-order chi connectivity index (χ1) is 11.6. The van der Waals surface area contributed by atoms with Gasteiger partial charge in [-0.1, -0.05) is 0 Å². The molecule has 9 heteroatoms. The third-order valence-corrected chi connectivity index (χ3v) is 3.99. The molecule has 0 atom stereocenters. The number of fused-ring (bicyclic) bond motifs is 1. The molecule has 1 amide bonds. The maximum Gasteiger partial charge on any atom is 0.331 e. The summed E-state index contributed by atoms with van der Waals surface area (Å²) < 4.78 is 18.3. The smallest absolute Gasteiger partial charge is 0.331 e. The molecular weight excluding hydrogens is 335 g/mol. The number of amidine groups is 1. The molecule has 122 valence electrons. The highest BCUT2D eigenvalue weighted by Crippen LogP contribution is 2.23. The normalized spacial score (nSPS) is 18.0. The monoisotopic (exact) mass is 346 g/mol. The van der Waals surface area contributed by atoms with Gasteiger partial charge in [0.2, 0.25) is 0 Å². The first-order valence-electron chi connectivity index (χ1n) is 6.73. The fraction of sp³-hybridized carbons (Fsp3) is 0.0667. The summed E-state index contributed by atoms with van der Waals surface area (Å²) in [6.07, 6.45) is 4.09. The van der Waals surface area contributed by atoms with E-state index < -0.39 is 17.7 Å². The minimum Gasteiger partial charge on any atom is -0.466 e. The number of nitrogens with one attached hydrogen (secondary N) is 2. The minimum absolute atomic E-state index is 0.163. The number of H-pyrrole nitrogens is 1. The third-order valence-electron chi connectivity index (χ3n) is 3.09. The summed E-state index contributed by atoms with van der Waals surface area (Å²) in [5.41, 5.74) is 0.957. The third kappa shape index (κ3) is 3.35. The zero-order valence-corrected chi connectivity index (χ0v) is 13.2. The number of hydrogen-bond donors (Lipinski definition) is 2. The number of aromatic nitrogens is 1. The van der Waals surface area contributed by atoms with Gasteiger partial charge in [0.1, 0.15) is 5.82 Å². The number of carbonyl (C=O) groups excluding carboxylic acids is 2. The van der Waals surface area contributed by atoms with Crippen LogP contribution in [-0.4, -0.2) is 35.4 Å². The van der Waals surface area contributed by atoms with E-state index in [0.29, 0.717) is 11.1 Å². The molecule has 0 spiro atoms. The standard InChI is InChI=1S/C15H11FN4O3S/c1-23-12(21)6-11-14(22)19-15(24-11)20-18-7-8-4-9-2-3-17-13(9)10(16)5-8/h2-7,17H,1H3,(H,19,20,22)/b11-6+,18-7?. The van der Waals surface area contributed by atoms with Crippen LogP contribution in [0.3, 0.4) is 0 Å². The Morgan fingerprint density at radius 2 is 2.25 bits per heavy atom. The van der Waals surface area contributed by atoms with Crippen LogP contribution in [0.15, 0.2) is 45.6 Å². The van der Waals surface area contributed by atoms with Crippen LogP contribution < -0.4 is 5.32 Å². The van der Waals surface area contributed by atoms with Crippen LogP contribution in [0, 0.1) is 5.82 Å². The number of esters is 1. The van der Waals surface area contributed by atoms with E-state index in [1.54, 1.807) is 18.3 Å². The molecule has 7 nitrogen and oxygen atoms in total. The molecular formula is C15H11FN4O3S. The topological polar surface area (TPSA) is 95.9 Å². The molecule has 0 bridgehead atoms. The quantitative estimate of drug-likeness (QED) is 0.384. The number of nitrogens with zero attached hydrogens (tertiary/aromatic N) is 2. The molecule has 1 fully saturated rings. The van der Waals surface area contributed by atoms with Gasteiger partial charge >= 0.3 is 5.97 Å². The highest BCUT2D eigenvalue weighted by molar-refractivity contribution is 8.18. The van der Waals surface area contributed by atoms with Crippen molar-refractivity contribution in [3.05, 3.63) is 46.8 Å². The fourth-order valence-electron chi connectivity index (χ4n) is 2.01. The van der Waals surface area contributed by atoms with Crippen molar-refractivity contribution in [2.75, 3.05) is 7.11 Å². The van der Waals surface area contributed by atoms with Crippen molar-refractivity contribution in [1.29, 1.82) is 0 Å². The molecule has 0 unspecified atom stereocenters. The van der Waals surface area contributed by atoms with Gasteiger partial charge in [0.05, 0.1) is 23.7 Å². The lowest BCUT2D eigenvalue weighted by molar-refractivity contribution is -0.135. The predicted molar refractivity (Wildman–Crippen MR) is 89.1 cm³/mol. The summed E-state index contributed by atoms with van der Waals surface area (Å²) in [7, 11) is 1.22. The van der Waals surface area contributed by atoms with Crippen molar-refractivity contribution in [2.45, 2.75) is 0 Å². The van der Waals surface area contributed by atoms with Gasteiger partial charge in [0.15, 0.2) is 5.17 Å². The van der Waals surface area contributed by atoms with Crippen LogP contribution >= 0.6 is 11.8 Å². The molecule has 0 saturated carbocycles. The molecule has 1 aliphatic heterocycles. The summed E-state index contributed by atoms with van der Waals surface area (Å²) in [5.74, 6) is -1.48. The molecule has 2 aromatic rings. The zero-order valence-electron chi connectivity index (χ0n) is 12.4. The maximum absolute atomic E-state index is 13.8. The van der Waals surface area contributed by atoms with Gasteiger partial charge in [0.25, 0.3) is 5.91 Å². The Hall–Kier alpha value is -2.94. The fourth-order valence-corrected chi connectivity index (χ4v) is 2.75. The molecule has 1 saturated heterocycles. The Balaban J connectivity index is 1.75. The van der Waals surface area contributed by atoms with E-state index in [4.69, 9.17) is 0 Å². The largest absolute Gasteiger partial charge is 0.466 e. The molecule has 1 aromatic carbocycles. The van der Waals surface area contributed by atoms with Crippen molar-refractivity contribution in [2.24, 2.45) is 10.2 Å². The van der Waals surface area contributed by atoms with Crippen molar-refractivity contribution in [3.8, 4) is 0 Å². The van der Waals surface area contributed by atoms with Crippen LogP contribution in [-0.2, 0) is 14.3 Å². The molecule has 2 N–H and O–H groups in total. The summed E-state index contributed by atoms with van der Waals surface area (Å²) in [4.78, 5) is 25.7. The number of ether oxygens (including phenoxy) is 1. The van der Waals surface area contributed by atoms with Gasteiger partial charge in [-0.3, -0.25) is 10.1 Å². The van der Waals surface area contributed by atoms with Gasteiger partial charge in [0, 0.05) is 17.7 Å². The van der Waals surface area contributed by atoms with Crippen molar-refractivity contribution < 1.29 is 18.7 Å². The van der Waals surface area contributed by atoms with Gasteiger partial charge < -0.3 is 9.72 Å². The minimum atomic E-state index is -0.632. The SMILES string of the molecule is COC(=O)/C=C1/S/C(=N\N=Cc2cc(F)c3[nH]ccc3c2)NC1=O. The first kappa shape index (κ1) is 15.9. The van der Waals surface area contributed by atoms with E-state index in [0.717, 1.165) is 23.2 Å². The van der Waals surface area contributed by atoms with Crippen LogP contribution in [0.2, 0.25) is 0 Å². The summed E-state index contributed by atoms with van der Waals surface area (Å²) in [6, 6.07) is 4.83. The lowest BCUT2D eigenvalue weighted by Crippen LogP contribution is -2.19. The van der Waals surface area contributed by atoms with Crippen molar-refractivity contribution in [3.63, 3.8) is 0 Å². The van der Waals surface area contributed by atoms with Crippen LogP contribution in [0.5, 0.6) is 0 Å². The number of aromatic amines is 1. The number of hydrogen-bond acceptors (Lipinski definition) is 6. The average molecular weight is 346 g/mol. The highest BCUT2D eigenvalue weighted by atomic mass is 32.2. The van der Waals surface area contributed by atoms with E-state index >= 15 is 0 Å². The molecule has 3 rings (SSSR count). The number of amides is 1. The van der Waals surface area contributed by atoms with Crippen molar-refractivity contribution >= 4 is 45.9 Å². The summed E-state index contributed by atoms with van der Waals surface area (Å²) in [6.45, 7) is 0. The number of benzene rings is 1. The molecule has 0 radical (unpaired) electrons. The van der Waals surface area contributed by atoms with Crippen LogP contribution in [0.1, 0.15) is 5.56 Å². The van der Waals surface area contributed by atoms with Gasteiger partial charge in [-0.15, -0.1) is 5.10 Å². The predicted octanol–water partition coefficient (Wildman–Crippen LogP) is 1.92. The Labute approximate surface area is 139 Å². The first-order valence-corrected chi connectivity index (χ1v) is 7.55. The molecule has 24 heavy (non-hydrogen) atoms. The maximum atomic E-state index is 13.8. The van der Waals surface area contributed by atoms with Crippen LogP contribution in [0.25, 0.3) is 10.9 Å². The van der Waals surface area contributed by atoms with Gasteiger partial charge in [-0.25, -0.2) is 9.18 Å². The number of thioether (sulfide) groups is 1. The Morgan fingerprint density at radius 3 is 3.04 bits per heavy atom. The zero-order chi connectivity index (χ0) is 17.1. The molecule has 2 heterocycles. The van der Waals surface area contributed by atoms with E-state index in [1.807, 2.05) is 0 Å². The van der Waals surface area contributed by atoms with E-state index in [1.165, 1.54) is 19.4 Å². The second-order valence-corrected chi connectivity index (χ2v) is 5.71. The number of methoxy groups -OCH3 is 1. The van der Waals surface area contributed by atoms with Gasteiger partial charge in [-0.05, 0) is 35.5 Å². The van der Waals surface area contributed by atoms with Gasteiger partial charge in [-0.2, -0.15) is 5.10 Å². The van der Waals surface area contributed by atoms with Crippen LogP contribution in [0.4, 0.5) is 4.39 Å². The highest BCUT2D eigenvalue weighted by Gasteiger charge is 2.24. The summed E-state index contributed by atoms with van der Waals surface area (Å²) in [5, 5.41) is 11.1. The summed E-state index contributed by atoms with van der Waals surface area (Å²) >= 11 is 0.961. The molecule has 1 aliphatic rings. The second-order valence-electron chi connectivity index (χ2n) is 4.68. The number of halogens is 1. The number of carbonyl (C=O) groups is 2. The number of rotatable bonds is 3. The second kappa shape index (κ2) is 6.67. The molecule has 0 aliphatic carbocycles. The van der Waals surface area contributed by atoms with Crippen molar-refractivity contribution in [1.82, 2.24) is 10.3 Å². The Bertz CT molecular complexity index is 917. The average Bonchev–Trinajstić information content (AvgIpc) is 3.15. The Morgan fingerprint density at radius 1 is 1.42 bits per heavy atom. The lowest BCUT2D eigenvalue weighted by Gasteiger charge is -1.96. The molecule has 1 aromatic heterocycles. The lowest BCUT2D eigenvalue weighted by atomic mass is 10.1. The van der Waals surface area contributed by atoms with E-state index in [-0.39, 0.29) is 10.1 Å². The van der Waals surface area contributed by atoms with E-state index in [9.17, 15) is 14.0 Å². The van der Waals surface area contributed by atoms with E-state index in [2.05, 4.69) is 25.2 Å². The Kier molecular flexibility index (Phi) is 4.43.